The summed E-state index contributed by atoms with van der Waals surface area (Å²) in [6.07, 6.45) is 2.10. The number of ether oxygens (including phenoxy) is 1. The molecule has 7 heteroatoms. The molecule has 0 radical (unpaired) electrons. The monoisotopic (exact) mass is 309 g/mol. The second-order valence-corrected chi connectivity index (χ2v) is 6.13. The zero-order valence-electron chi connectivity index (χ0n) is 12.0. The van der Waals surface area contributed by atoms with Gasteiger partial charge in [0.05, 0.1) is 24.2 Å². The Hall–Kier alpha value is -1.47. The molecule has 2 saturated heterocycles. The molecule has 0 N–H and O–H groups in total. The minimum Gasteiger partial charge on any atom is -0.383 e. The van der Waals surface area contributed by atoms with Gasteiger partial charge in [0, 0.05) is 32.0 Å². The molecule has 2 amide bonds. The lowest BCUT2D eigenvalue weighted by Gasteiger charge is -2.39. The van der Waals surface area contributed by atoms with E-state index in [1.165, 1.54) is 11.3 Å². The van der Waals surface area contributed by atoms with Crippen LogP contribution in [-0.2, 0) is 9.53 Å². The Kier molecular flexibility index (Phi) is 4.21. The maximum absolute atomic E-state index is 12.5. The lowest BCUT2D eigenvalue weighted by atomic mass is 9.96. The van der Waals surface area contributed by atoms with Crippen molar-refractivity contribution in [1.29, 1.82) is 0 Å². The fourth-order valence-electron chi connectivity index (χ4n) is 3.35. The van der Waals surface area contributed by atoms with Crippen LogP contribution in [0.2, 0.25) is 0 Å². The van der Waals surface area contributed by atoms with Crippen LogP contribution in [0.5, 0.6) is 0 Å². The summed E-state index contributed by atoms with van der Waals surface area (Å²) in [5.74, 6) is 0.168. The van der Waals surface area contributed by atoms with Gasteiger partial charge in [-0.3, -0.25) is 9.59 Å². The predicted molar refractivity (Wildman–Crippen MR) is 78.2 cm³/mol. The number of carbonyl (C=O) groups excluding carboxylic acids is 2. The van der Waals surface area contributed by atoms with Crippen molar-refractivity contribution < 1.29 is 14.3 Å². The van der Waals surface area contributed by atoms with E-state index in [1.54, 1.807) is 18.0 Å². The first-order valence-electron chi connectivity index (χ1n) is 7.20. The number of amides is 2. The number of methoxy groups -OCH3 is 1. The first-order valence-corrected chi connectivity index (χ1v) is 8.14. The van der Waals surface area contributed by atoms with Gasteiger partial charge in [0.25, 0.3) is 5.91 Å². The van der Waals surface area contributed by atoms with Gasteiger partial charge in [-0.2, -0.15) is 0 Å². The fourth-order valence-corrected chi connectivity index (χ4v) is 3.87. The zero-order valence-corrected chi connectivity index (χ0v) is 12.8. The molecule has 0 aromatic carbocycles. The Bertz CT molecular complexity index is 520. The number of likely N-dealkylation sites (tertiary alicyclic amines) is 2. The number of aromatic nitrogens is 1. The fraction of sp³-hybridized carbons (Fsp3) is 0.643. The van der Waals surface area contributed by atoms with E-state index in [1.807, 2.05) is 9.80 Å². The molecular formula is C14H19N3O3S. The summed E-state index contributed by atoms with van der Waals surface area (Å²) in [7, 11) is 1.64. The first kappa shape index (κ1) is 14.5. The molecule has 3 heterocycles. The van der Waals surface area contributed by atoms with Crippen molar-refractivity contribution in [3.63, 3.8) is 0 Å². The number of rotatable bonds is 4. The van der Waals surface area contributed by atoms with Crippen LogP contribution < -0.4 is 0 Å². The number of fused-ring (bicyclic) bond motifs is 1. The molecule has 0 bridgehead atoms. The minimum atomic E-state index is -0.00945. The molecule has 0 aliphatic carbocycles. The Morgan fingerprint density at radius 1 is 1.48 bits per heavy atom. The normalized spacial score (nSPS) is 25.3. The van der Waals surface area contributed by atoms with Gasteiger partial charge in [-0.25, -0.2) is 4.98 Å². The molecule has 2 atom stereocenters. The number of piperidine rings is 1. The van der Waals surface area contributed by atoms with Crippen LogP contribution in [0.4, 0.5) is 0 Å². The van der Waals surface area contributed by atoms with Gasteiger partial charge in [0.1, 0.15) is 5.69 Å². The van der Waals surface area contributed by atoms with E-state index in [-0.39, 0.29) is 23.9 Å². The van der Waals surface area contributed by atoms with Crippen molar-refractivity contribution in [2.75, 3.05) is 26.8 Å². The van der Waals surface area contributed by atoms with Gasteiger partial charge in [0.15, 0.2) is 0 Å². The summed E-state index contributed by atoms with van der Waals surface area (Å²) in [5, 5.41) is 1.78. The standard InChI is InChI=1S/C14H19N3O3S/c1-20-7-6-16-12-4-5-17(11(12)2-3-13(16)18)14(19)10-8-21-9-15-10/h8-9,11-12H,2-7H2,1H3/t11-,12-/m1/s1. The van der Waals surface area contributed by atoms with Gasteiger partial charge < -0.3 is 14.5 Å². The van der Waals surface area contributed by atoms with Crippen molar-refractivity contribution in [2.24, 2.45) is 0 Å². The van der Waals surface area contributed by atoms with Gasteiger partial charge in [-0.15, -0.1) is 11.3 Å². The van der Waals surface area contributed by atoms with Gasteiger partial charge in [-0.05, 0) is 12.8 Å². The quantitative estimate of drug-likeness (QED) is 0.832. The van der Waals surface area contributed by atoms with Crippen molar-refractivity contribution in [3.05, 3.63) is 16.6 Å². The van der Waals surface area contributed by atoms with Crippen LogP contribution in [0.15, 0.2) is 10.9 Å². The Morgan fingerprint density at radius 3 is 3.05 bits per heavy atom. The average Bonchev–Trinajstić information content (AvgIpc) is 3.15. The molecule has 3 rings (SSSR count). The zero-order chi connectivity index (χ0) is 14.8. The maximum Gasteiger partial charge on any atom is 0.273 e. The molecule has 2 aliphatic rings. The number of hydrogen-bond donors (Lipinski definition) is 0. The van der Waals surface area contributed by atoms with E-state index < -0.39 is 0 Å². The van der Waals surface area contributed by atoms with E-state index in [4.69, 9.17) is 4.74 Å². The molecule has 6 nitrogen and oxygen atoms in total. The van der Waals surface area contributed by atoms with Crippen molar-refractivity contribution in [2.45, 2.75) is 31.3 Å². The van der Waals surface area contributed by atoms with Gasteiger partial charge in [-0.1, -0.05) is 0 Å². The molecule has 1 aromatic rings. The third kappa shape index (κ3) is 2.67. The first-order chi connectivity index (χ1) is 10.2. The van der Waals surface area contributed by atoms with Crippen molar-refractivity contribution in [3.8, 4) is 0 Å². The highest BCUT2D eigenvalue weighted by Crippen LogP contribution is 2.32. The topological polar surface area (TPSA) is 62.7 Å². The summed E-state index contributed by atoms with van der Waals surface area (Å²) in [6.45, 7) is 1.84. The largest absolute Gasteiger partial charge is 0.383 e. The van der Waals surface area contributed by atoms with E-state index in [0.717, 1.165) is 12.8 Å². The second-order valence-electron chi connectivity index (χ2n) is 5.41. The lowest BCUT2D eigenvalue weighted by molar-refractivity contribution is -0.138. The predicted octanol–water partition coefficient (Wildman–Crippen LogP) is 0.995. The SMILES string of the molecule is COCCN1C(=O)CC[C@@H]2[C@H]1CCN2C(=O)c1cscn1. The van der Waals surface area contributed by atoms with Gasteiger partial charge in [0.2, 0.25) is 5.91 Å². The average molecular weight is 309 g/mol. The molecule has 0 spiro atoms. The van der Waals surface area contributed by atoms with E-state index in [9.17, 15) is 9.59 Å². The highest BCUT2D eigenvalue weighted by atomic mass is 32.1. The van der Waals surface area contributed by atoms with Crippen LogP contribution in [-0.4, -0.2) is 65.5 Å². The molecule has 0 saturated carbocycles. The summed E-state index contributed by atoms with van der Waals surface area (Å²) in [4.78, 5) is 32.5. The number of thiazole rings is 1. The molecule has 1 aromatic heterocycles. The third-order valence-corrected chi connectivity index (χ3v) is 4.92. The van der Waals surface area contributed by atoms with E-state index >= 15 is 0 Å². The highest BCUT2D eigenvalue weighted by Gasteiger charge is 2.44. The van der Waals surface area contributed by atoms with Crippen LogP contribution in [0.3, 0.4) is 0 Å². The molecule has 21 heavy (non-hydrogen) atoms. The summed E-state index contributed by atoms with van der Waals surface area (Å²) in [6, 6.07) is 0.248. The van der Waals surface area contributed by atoms with Crippen molar-refractivity contribution >= 4 is 23.2 Å². The Labute approximate surface area is 127 Å². The molecule has 0 unspecified atom stereocenters. The number of carbonyl (C=O) groups is 2. The maximum atomic E-state index is 12.5. The van der Waals surface area contributed by atoms with Crippen LogP contribution in [0, 0.1) is 0 Å². The summed E-state index contributed by atoms with van der Waals surface area (Å²) < 4.78 is 5.09. The second kappa shape index (κ2) is 6.11. The highest BCUT2D eigenvalue weighted by molar-refractivity contribution is 7.07. The Morgan fingerprint density at radius 2 is 2.33 bits per heavy atom. The Balaban J connectivity index is 1.74. The minimum absolute atomic E-state index is 0.00945. The number of nitrogens with zero attached hydrogens (tertiary/aromatic N) is 3. The molecular weight excluding hydrogens is 290 g/mol. The molecule has 114 valence electrons. The summed E-state index contributed by atoms with van der Waals surface area (Å²) >= 11 is 1.43. The van der Waals surface area contributed by atoms with E-state index in [0.29, 0.717) is 31.8 Å². The van der Waals surface area contributed by atoms with Crippen molar-refractivity contribution in [1.82, 2.24) is 14.8 Å². The van der Waals surface area contributed by atoms with Gasteiger partial charge >= 0.3 is 0 Å². The van der Waals surface area contributed by atoms with Crippen LogP contribution in [0.25, 0.3) is 0 Å². The lowest BCUT2D eigenvalue weighted by Crippen LogP contribution is -2.54. The number of hydrogen-bond acceptors (Lipinski definition) is 5. The van der Waals surface area contributed by atoms with Crippen LogP contribution >= 0.6 is 11.3 Å². The van der Waals surface area contributed by atoms with E-state index in [2.05, 4.69) is 4.98 Å². The molecule has 2 fully saturated rings. The summed E-state index contributed by atoms with van der Waals surface area (Å²) in [5.41, 5.74) is 2.19. The molecule has 2 aliphatic heterocycles. The third-order valence-electron chi connectivity index (χ3n) is 4.33. The van der Waals surface area contributed by atoms with Crippen LogP contribution in [0.1, 0.15) is 29.8 Å². The smallest absolute Gasteiger partial charge is 0.273 e.